The van der Waals surface area contributed by atoms with Crippen LogP contribution in [0.2, 0.25) is 0 Å². The standard InChI is InChI=1S/C17H11NO4S2/c19-12-3-1-2-10(6-12)7-15-16(20)18(17(23)24-15)11-4-5-13-14(8-11)22-9-21-13/h1-8,19H,9H2/b15-7+. The molecule has 0 bridgehead atoms. The third-order valence-electron chi connectivity index (χ3n) is 3.58. The van der Waals surface area contributed by atoms with Crippen LogP contribution in [0.15, 0.2) is 47.4 Å². The summed E-state index contributed by atoms with van der Waals surface area (Å²) < 4.78 is 11.1. The molecule has 24 heavy (non-hydrogen) atoms. The number of aromatic hydroxyl groups is 1. The zero-order valence-corrected chi connectivity index (χ0v) is 13.9. The van der Waals surface area contributed by atoms with Crippen LogP contribution in [0.25, 0.3) is 6.08 Å². The van der Waals surface area contributed by atoms with Gasteiger partial charge in [0.05, 0.1) is 10.6 Å². The Hall–Kier alpha value is -2.51. The van der Waals surface area contributed by atoms with E-state index in [-0.39, 0.29) is 18.4 Å². The monoisotopic (exact) mass is 357 g/mol. The van der Waals surface area contributed by atoms with Gasteiger partial charge < -0.3 is 14.6 Å². The van der Waals surface area contributed by atoms with Gasteiger partial charge >= 0.3 is 0 Å². The summed E-state index contributed by atoms with van der Waals surface area (Å²) in [5.74, 6) is 1.19. The van der Waals surface area contributed by atoms with Crippen LogP contribution in [-0.4, -0.2) is 22.1 Å². The van der Waals surface area contributed by atoms with E-state index >= 15 is 0 Å². The Balaban J connectivity index is 1.66. The molecular weight excluding hydrogens is 346 g/mol. The largest absolute Gasteiger partial charge is 0.508 e. The van der Waals surface area contributed by atoms with Gasteiger partial charge in [0.1, 0.15) is 5.75 Å². The highest BCUT2D eigenvalue weighted by atomic mass is 32.2. The number of phenols is 1. The van der Waals surface area contributed by atoms with E-state index in [2.05, 4.69) is 0 Å². The second kappa shape index (κ2) is 5.85. The van der Waals surface area contributed by atoms with Crippen molar-refractivity contribution in [1.29, 1.82) is 0 Å². The quantitative estimate of drug-likeness (QED) is 0.655. The molecule has 2 heterocycles. The molecule has 7 heteroatoms. The molecule has 2 aliphatic rings. The number of amides is 1. The number of carbonyl (C=O) groups is 1. The van der Waals surface area contributed by atoms with Gasteiger partial charge in [-0.2, -0.15) is 0 Å². The summed E-state index contributed by atoms with van der Waals surface area (Å²) in [4.78, 5) is 14.7. The van der Waals surface area contributed by atoms with Crippen molar-refractivity contribution in [2.45, 2.75) is 0 Å². The van der Waals surface area contributed by atoms with Crippen LogP contribution in [0.4, 0.5) is 5.69 Å². The van der Waals surface area contributed by atoms with Gasteiger partial charge in [-0.05, 0) is 35.9 Å². The molecule has 1 amide bonds. The number of fused-ring (bicyclic) bond motifs is 1. The van der Waals surface area contributed by atoms with Gasteiger partial charge in [-0.15, -0.1) is 0 Å². The number of hydrogen-bond acceptors (Lipinski definition) is 6. The van der Waals surface area contributed by atoms with E-state index in [0.29, 0.717) is 26.4 Å². The summed E-state index contributed by atoms with van der Waals surface area (Å²) in [5, 5.41) is 9.54. The highest BCUT2D eigenvalue weighted by Gasteiger charge is 2.34. The van der Waals surface area contributed by atoms with Crippen molar-refractivity contribution in [2.24, 2.45) is 0 Å². The number of carbonyl (C=O) groups excluding carboxylic acids is 1. The number of benzene rings is 2. The average Bonchev–Trinajstić information content (AvgIpc) is 3.12. The third kappa shape index (κ3) is 2.61. The van der Waals surface area contributed by atoms with Gasteiger partial charge in [0.25, 0.3) is 5.91 Å². The predicted octanol–water partition coefficient (Wildman–Crippen LogP) is 3.53. The molecule has 1 fully saturated rings. The molecule has 0 aromatic heterocycles. The van der Waals surface area contributed by atoms with E-state index < -0.39 is 0 Å². The lowest BCUT2D eigenvalue weighted by Crippen LogP contribution is -2.27. The van der Waals surface area contributed by atoms with Crippen LogP contribution in [0.5, 0.6) is 17.2 Å². The normalized spacial score (nSPS) is 17.8. The van der Waals surface area contributed by atoms with Gasteiger partial charge in [-0.3, -0.25) is 9.69 Å². The van der Waals surface area contributed by atoms with Crippen molar-refractivity contribution in [2.75, 3.05) is 11.7 Å². The van der Waals surface area contributed by atoms with Gasteiger partial charge in [-0.25, -0.2) is 0 Å². The Morgan fingerprint density at radius 2 is 2.00 bits per heavy atom. The lowest BCUT2D eigenvalue weighted by Gasteiger charge is -2.14. The van der Waals surface area contributed by atoms with Crippen LogP contribution in [-0.2, 0) is 4.79 Å². The molecule has 120 valence electrons. The summed E-state index contributed by atoms with van der Waals surface area (Å²) >= 11 is 6.58. The number of nitrogens with zero attached hydrogens (tertiary/aromatic N) is 1. The Labute approximate surface area is 147 Å². The fourth-order valence-electron chi connectivity index (χ4n) is 2.48. The van der Waals surface area contributed by atoms with Crippen molar-refractivity contribution in [3.05, 3.63) is 52.9 Å². The molecule has 2 aromatic rings. The molecule has 0 saturated carbocycles. The topological polar surface area (TPSA) is 59.0 Å². The molecular formula is C17H11NO4S2. The van der Waals surface area contributed by atoms with Gasteiger partial charge in [0.2, 0.25) is 6.79 Å². The molecule has 5 nitrogen and oxygen atoms in total. The molecule has 0 atom stereocenters. The zero-order valence-electron chi connectivity index (χ0n) is 12.3. The van der Waals surface area contributed by atoms with Crippen LogP contribution in [0.3, 0.4) is 0 Å². The van der Waals surface area contributed by atoms with Crippen LogP contribution in [0.1, 0.15) is 5.56 Å². The third-order valence-corrected chi connectivity index (χ3v) is 4.88. The first kappa shape index (κ1) is 15.0. The van der Waals surface area contributed by atoms with E-state index in [1.807, 2.05) is 6.07 Å². The lowest BCUT2D eigenvalue weighted by molar-refractivity contribution is -0.113. The van der Waals surface area contributed by atoms with Gasteiger partial charge in [0.15, 0.2) is 15.8 Å². The maximum absolute atomic E-state index is 12.7. The van der Waals surface area contributed by atoms with Gasteiger partial charge in [-0.1, -0.05) is 36.1 Å². The minimum Gasteiger partial charge on any atom is -0.508 e. The van der Waals surface area contributed by atoms with Crippen molar-refractivity contribution in [3.63, 3.8) is 0 Å². The molecule has 1 N–H and O–H groups in total. The van der Waals surface area contributed by atoms with E-state index in [4.69, 9.17) is 21.7 Å². The molecule has 4 rings (SSSR count). The number of anilines is 1. The summed E-state index contributed by atoms with van der Waals surface area (Å²) in [6, 6.07) is 12.0. The highest BCUT2D eigenvalue weighted by Crippen LogP contribution is 2.40. The number of rotatable bonds is 2. The fraction of sp³-hybridized carbons (Fsp3) is 0.0588. The Morgan fingerprint density at radius 3 is 2.83 bits per heavy atom. The molecule has 0 radical (unpaired) electrons. The molecule has 0 spiro atoms. The average molecular weight is 357 g/mol. The minimum absolute atomic E-state index is 0.148. The van der Waals surface area contributed by atoms with Crippen molar-refractivity contribution in [3.8, 4) is 17.2 Å². The maximum Gasteiger partial charge on any atom is 0.270 e. The minimum atomic E-state index is -0.202. The number of thiocarbonyl (C=S) groups is 1. The number of hydrogen-bond donors (Lipinski definition) is 1. The summed E-state index contributed by atoms with van der Waals surface area (Å²) in [6.07, 6.45) is 1.71. The van der Waals surface area contributed by atoms with Gasteiger partial charge in [0, 0.05) is 6.07 Å². The molecule has 1 saturated heterocycles. The summed E-state index contributed by atoms with van der Waals surface area (Å²) in [5.41, 5.74) is 1.38. The Kier molecular flexibility index (Phi) is 3.66. The molecule has 2 aromatic carbocycles. The van der Waals surface area contributed by atoms with Crippen LogP contribution >= 0.6 is 24.0 Å². The number of phenolic OH excluding ortho intramolecular Hbond substituents is 1. The first-order valence-electron chi connectivity index (χ1n) is 7.08. The number of thioether (sulfide) groups is 1. The van der Waals surface area contributed by atoms with Crippen molar-refractivity contribution in [1.82, 2.24) is 0 Å². The second-order valence-electron chi connectivity index (χ2n) is 5.15. The molecule has 2 aliphatic heterocycles. The fourth-order valence-corrected chi connectivity index (χ4v) is 3.78. The van der Waals surface area contributed by atoms with E-state index in [1.165, 1.54) is 16.7 Å². The smallest absolute Gasteiger partial charge is 0.270 e. The van der Waals surface area contributed by atoms with E-state index in [9.17, 15) is 9.90 Å². The second-order valence-corrected chi connectivity index (χ2v) is 6.83. The maximum atomic E-state index is 12.7. The first-order chi connectivity index (χ1) is 11.6. The summed E-state index contributed by atoms with van der Waals surface area (Å²) in [6.45, 7) is 0.175. The summed E-state index contributed by atoms with van der Waals surface area (Å²) in [7, 11) is 0. The SMILES string of the molecule is O=C1/C(=C\c2cccc(O)c2)SC(=S)N1c1ccc2c(c1)OCO2. The molecule has 0 aliphatic carbocycles. The van der Waals surface area contributed by atoms with Crippen LogP contribution < -0.4 is 14.4 Å². The number of ether oxygens (including phenoxy) is 2. The highest BCUT2D eigenvalue weighted by molar-refractivity contribution is 8.27. The molecule has 0 unspecified atom stereocenters. The van der Waals surface area contributed by atoms with Crippen molar-refractivity contribution >= 4 is 46.0 Å². The Bertz CT molecular complexity index is 894. The van der Waals surface area contributed by atoms with Crippen LogP contribution in [0, 0.1) is 0 Å². The van der Waals surface area contributed by atoms with E-state index in [1.54, 1.807) is 42.5 Å². The van der Waals surface area contributed by atoms with Crippen molar-refractivity contribution < 1.29 is 19.4 Å². The first-order valence-corrected chi connectivity index (χ1v) is 8.31. The predicted molar refractivity (Wildman–Crippen MR) is 96.3 cm³/mol. The zero-order chi connectivity index (χ0) is 16.7. The Morgan fingerprint density at radius 1 is 1.17 bits per heavy atom. The van der Waals surface area contributed by atoms with E-state index in [0.717, 1.165) is 5.56 Å². The lowest BCUT2D eigenvalue weighted by atomic mass is 10.2.